The van der Waals surface area contributed by atoms with Crippen molar-refractivity contribution in [2.75, 3.05) is 26.2 Å². The lowest BCUT2D eigenvalue weighted by atomic mass is 9.85. The fourth-order valence-corrected chi connectivity index (χ4v) is 2.76. The molecule has 0 atom stereocenters. The molecule has 0 saturated carbocycles. The Kier molecular flexibility index (Phi) is 5.44. The second-order valence-corrected chi connectivity index (χ2v) is 6.56. The summed E-state index contributed by atoms with van der Waals surface area (Å²) in [6, 6.07) is 8.08. The molecule has 0 bridgehead atoms. The highest BCUT2D eigenvalue weighted by atomic mass is 16.5. The standard InChI is InChI=1S/C17H28N2O/c1-17(2)7-4-9-19(10-8-17)11-12-20-16-6-3-5-15(13-16)14-18/h3,5-6,13H,4,7-12,14,18H2,1-2H3. The van der Waals surface area contributed by atoms with Crippen molar-refractivity contribution in [3.05, 3.63) is 29.8 Å². The molecule has 1 aromatic carbocycles. The second kappa shape index (κ2) is 7.09. The lowest BCUT2D eigenvalue weighted by Gasteiger charge is -2.23. The SMILES string of the molecule is CC1(C)CCCN(CCOc2cccc(CN)c2)CC1. The van der Waals surface area contributed by atoms with E-state index < -0.39 is 0 Å². The Bertz CT molecular complexity index is 417. The average molecular weight is 276 g/mol. The van der Waals surface area contributed by atoms with Crippen molar-refractivity contribution in [1.29, 1.82) is 0 Å². The quantitative estimate of drug-likeness (QED) is 0.898. The maximum absolute atomic E-state index is 5.85. The Morgan fingerprint density at radius 1 is 1.25 bits per heavy atom. The zero-order valence-electron chi connectivity index (χ0n) is 12.9. The highest BCUT2D eigenvalue weighted by molar-refractivity contribution is 5.28. The van der Waals surface area contributed by atoms with Crippen molar-refractivity contribution in [2.45, 2.75) is 39.7 Å². The van der Waals surface area contributed by atoms with E-state index in [2.05, 4.69) is 18.7 Å². The number of likely N-dealkylation sites (tertiary alicyclic amines) is 1. The smallest absolute Gasteiger partial charge is 0.119 e. The van der Waals surface area contributed by atoms with Crippen LogP contribution >= 0.6 is 0 Å². The van der Waals surface area contributed by atoms with E-state index in [9.17, 15) is 0 Å². The Hall–Kier alpha value is -1.06. The molecule has 0 unspecified atom stereocenters. The number of nitrogens with two attached hydrogens (primary N) is 1. The van der Waals surface area contributed by atoms with Crippen molar-refractivity contribution < 1.29 is 4.74 Å². The van der Waals surface area contributed by atoms with Gasteiger partial charge in [0.15, 0.2) is 0 Å². The summed E-state index contributed by atoms with van der Waals surface area (Å²) in [5, 5.41) is 0. The molecule has 1 aromatic rings. The highest BCUT2D eigenvalue weighted by Crippen LogP contribution is 2.29. The molecule has 1 saturated heterocycles. The first-order chi connectivity index (χ1) is 9.59. The van der Waals surface area contributed by atoms with Crippen LogP contribution in [0.5, 0.6) is 5.75 Å². The van der Waals surface area contributed by atoms with Crippen LogP contribution in [0.1, 0.15) is 38.7 Å². The average Bonchev–Trinajstić information content (AvgIpc) is 2.60. The Balaban J connectivity index is 1.75. The van der Waals surface area contributed by atoms with Crippen molar-refractivity contribution in [1.82, 2.24) is 4.90 Å². The Morgan fingerprint density at radius 2 is 2.10 bits per heavy atom. The fraction of sp³-hybridized carbons (Fsp3) is 0.647. The van der Waals surface area contributed by atoms with E-state index in [1.807, 2.05) is 24.3 Å². The lowest BCUT2D eigenvalue weighted by Crippen LogP contribution is -2.30. The van der Waals surface area contributed by atoms with Crippen LogP contribution in [-0.2, 0) is 6.54 Å². The Morgan fingerprint density at radius 3 is 2.90 bits per heavy atom. The molecule has 0 spiro atoms. The zero-order chi connectivity index (χ0) is 14.4. The minimum Gasteiger partial charge on any atom is -0.492 e. The zero-order valence-corrected chi connectivity index (χ0v) is 12.9. The topological polar surface area (TPSA) is 38.5 Å². The van der Waals surface area contributed by atoms with E-state index in [0.717, 1.165) is 24.5 Å². The summed E-state index contributed by atoms with van der Waals surface area (Å²) < 4.78 is 5.85. The van der Waals surface area contributed by atoms with Gasteiger partial charge in [-0.05, 0) is 55.5 Å². The molecule has 2 N–H and O–H groups in total. The molecular formula is C17H28N2O. The molecule has 3 nitrogen and oxygen atoms in total. The van der Waals surface area contributed by atoms with Gasteiger partial charge in [-0.3, -0.25) is 4.90 Å². The van der Waals surface area contributed by atoms with Gasteiger partial charge in [-0.25, -0.2) is 0 Å². The molecule has 3 heteroatoms. The third-order valence-electron chi connectivity index (χ3n) is 4.24. The summed E-state index contributed by atoms with van der Waals surface area (Å²) in [5.41, 5.74) is 7.27. The van der Waals surface area contributed by atoms with Crippen LogP contribution < -0.4 is 10.5 Å². The van der Waals surface area contributed by atoms with Gasteiger partial charge in [0.1, 0.15) is 12.4 Å². The lowest BCUT2D eigenvalue weighted by molar-refractivity contribution is 0.207. The maximum atomic E-state index is 5.85. The molecule has 2 rings (SSSR count). The van der Waals surface area contributed by atoms with Gasteiger partial charge in [0.25, 0.3) is 0 Å². The minimum atomic E-state index is 0.505. The predicted molar refractivity (Wildman–Crippen MR) is 83.9 cm³/mol. The molecule has 0 amide bonds. The third kappa shape index (κ3) is 4.80. The number of ether oxygens (including phenoxy) is 1. The van der Waals surface area contributed by atoms with Gasteiger partial charge in [-0.2, -0.15) is 0 Å². The second-order valence-electron chi connectivity index (χ2n) is 6.56. The molecule has 20 heavy (non-hydrogen) atoms. The first-order valence-corrected chi connectivity index (χ1v) is 7.73. The summed E-state index contributed by atoms with van der Waals surface area (Å²) in [6.07, 6.45) is 3.92. The minimum absolute atomic E-state index is 0.505. The van der Waals surface area contributed by atoms with Crippen molar-refractivity contribution >= 4 is 0 Å². The van der Waals surface area contributed by atoms with Crippen LogP contribution in [0, 0.1) is 5.41 Å². The predicted octanol–water partition coefficient (Wildman–Crippen LogP) is 3.04. The van der Waals surface area contributed by atoms with Crippen LogP contribution in [0.2, 0.25) is 0 Å². The summed E-state index contributed by atoms with van der Waals surface area (Å²) in [7, 11) is 0. The van der Waals surface area contributed by atoms with E-state index in [4.69, 9.17) is 10.5 Å². The van der Waals surface area contributed by atoms with Crippen molar-refractivity contribution in [2.24, 2.45) is 11.1 Å². The molecule has 1 heterocycles. The van der Waals surface area contributed by atoms with E-state index >= 15 is 0 Å². The van der Waals surface area contributed by atoms with E-state index in [1.54, 1.807) is 0 Å². The van der Waals surface area contributed by atoms with Crippen molar-refractivity contribution in [3.8, 4) is 5.75 Å². The van der Waals surface area contributed by atoms with Gasteiger partial charge < -0.3 is 10.5 Å². The van der Waals surface area contributed by atoms with Gasteiger partial charge in [0.05, 0.1) is 0 Å². The van der Waals surface area contributed by atoms with Gasteiger partial charge >= 0.3 is 0 Å². The number of rotatable bonds is 5. The van der Waals surface area contributed by atoms with Crippen LogP contribution in [0.3, 0.4) is 0 Å². The molecule has 1 aliphatic rings. The summed E-state index contributed by atoms with van der Waals surface area (Å²) in [4.78, 5) is 2.53. The summed E-state index contributed by atoms with van der Waals surface area (Å²) >= 11 is 0. The molecule has 0 aliphatic carbocycles. The van der Waals surface area contributed by atoms with Crippen LogP contribution in [-0.4, -0.2) is 31.1 Å². The van der Waals surface area contributed by atoms with Crippen LogP contribution in [0.25, 0.3) is 0 Å². The molecule has 1 fully saturated rings. The monoisotopic (exact) mass is 276 g/mol. The first kappa shape index (κ1) is 15.3. The number of hydrogen-bond donors (Lipinski definition) is 1. The van der Waals surface area contributed by atoms with E-state index in [1.165, 1.54) is 32.4 Å². The van der Waals surface area contributed by atoms with E-state index in [0.29, 0.717) is 12.0 Å². The first-order valence-electron chi connectivity index (χ1n) is 7.73. The number of benzene rings is 1. The highest BCUT2D eigenvalue weighted by Gasteiger charge is 2.22. The van der Waals surface area contributed by atoms with E-state index in [-0.39, 0.29) is 0 Å². The van der Waals surface area contributed by atoms with Gasteiger partial charge in [-0.15, -0.1) is 0 Å². The van der Waals surface area contributed by atoms with Gasteiger partial charge in [0.2, 0.25) is 0 Å². The molecular weight excluding hydrogens is 248 g/mol. The molecule has 1 aliphatic heterocycles. The van der Waals surface area contributed by atoms with Gasteiger partial charge in [-0.1, -0.05) is 26.0 Å². The number of nitrogens with zero attached hydrogens (tertiary/aromatic N) is 1. The fourth-order valence-electron chi connectivity index (χ4n) is 2.76. The molecule has 0 aromatic heterocycles. The van der Waals surface area contributed by atoms with Gasteiger partial charge in [0, 0.05) is 13.1 Å². The van der Waals surface area contributed by atoms with Crippen molar-refractivity contribution in [3.63, 3.8) is 0 Å². The molecule has 112 valence electrons. The summed E-state index contributed by atoms with van der Waals surface area (Å²) in [6.45, 7) is 9.50. The largest absolute Gasteiger partial charge is 0.492 e. The maximum Gasteiger partial charge on any atom is 0.119 e. The van der Waals surface area contributed by atoms with Crippen LogP contribution in [0.15, 0.2) is 24.3 Å². The summed E-state index contributed by atoms with van der Waals surface area (Å²) in [5.74, 6) is 0.933. The Labute approximate surface area is 123 Å². The number of hydrogen-bond acceptors (Lipinski definition) is 3. The molecule has 0 radical (unpaired) electrons. The van der Waals surface area contributed by atoms with Crippen LogP contribution in [0.4, 0.5) is 0 Å². The normalized spacial score (nSPS) is 19.6. The third-order valence-corrected chi connectivity index (χ3v) is 4.24.